The van der Waals surface area contributed by atoms with Crippen molar-refractivity contribution in [1.29, 1.82) is 0 Å². The summed E-state index contributed by atoms with van der Waals surface area (Å²) in [5.41, 5.74) is 1.96. The van der Waals surface area contributed by atoms with E-state index in [1.54, 1.807) is 0 Å². The quantitative estimate of drug-likeness (QED) is 0.155. The number of allylic oxidation sites excluding steroid dienone is 3. The second kappa shape index (κ2) is 11.2. The van der Waals surface area contributed by atoms with E-state index < -0.39 is 5.60 Å². The molecule has 7 fully saturated rings. The van der Waals surface area contributed by atoms with Crippen LogP contribution < -0.4 is 0 Å². The molecule has 0 aliphatic heterocycles. The van der Waals surface area contributed by atoms with Gasteiger partial charge in [0.1, 0.15) is 0 Å². The predicted octanol–water partition coefficient (Wildman–Crippen LogP) is 9.49. The Labute approximate surface area is 273 Å². The van der Waals surface area contributed by atoms with Gasteiger partial charge in [0.05, 0.1) is 17.5 Å². The highest BCUT2D eigenvalue weighted by molar-refractivity contribution is 5.96. The van der Waals surface area contributed by atoms with Crippen LogP contribution in [0.3, 0.4) is 0 Å². The van der Waals surface area contributed by atoms with Crippen molar-refractivity contribution in [2.24, 2.45) is 63.6 Å². The van der Waals surface area contributed by atoms with E-state index in [0.29, 0.717) is 35.7 Å². The van der Waals surface area contributed by atoms with E-state index in [2.05, 4.69) is 33.8 Å². The molecule has 45 heavy (non-hydrogen) atoms. The minimum Gasteiger partial charge on any atom is -0.515 e. The molecule has 0 aromatic heterocycles. The van der Waals surface area contributed by atoms with E-state index in [4.69, 9.17) is 0 Å². The Kier molecular flexibility index (Phi) is 8.08. The topological polar surface area (TPSA) is 77.8 Å². The molecule has 0 saturated heterocycles. The second-order valence-corrected chi connectivity index (χ2v) is 18.6. The van der Waals surface area contributed by atoms with Crippen LogP contribution in [0.25, 0.3) is 0 Å². The van der Waals surface area contributed by atoms with Gasteiger partial charge < -0.3 is 15.3 Å². The van der Waals surface area contributed by atoms with E-state index >= 15 is 0 Å². The lowest BCUT2D eigenvalue weighted by Gasteiger charge is -2.61. The van der Waals surface area contributed by atoms with Crippen LogP contribution >= 0.6 is 0 Å². The molecule has 8 aliphatic rings. The Balaban J connectivity index is 0.000000146. The second-order valence-electron chi connectivity index (χ2n) is 18.6. The number of hydrogen-bond acceptors (Lipinski definition) is 4. The van der Waals surface area contributed by atoms with Crippen LogP contribution in [0.4, 0.5) is 0 Å². The molecule has 252 valence electrons. The lowest BCUT2D eigenvalue weighted by atomic mass is 9.44. The third-order valence-corrected chi connectivity index (χ3v) is 17.4. The van der Waals surface area contributed by atoms with Crippen molar-refractivity contribution >= 4 is 5.78 Å². The van der Waals surface area contributed by atoms with Gasteiger partial charge in [-0.05, 0) is 180 Å². The first-order valence-electron chi connectivity index (χ1n) is 19.3. The molecule has 0 aromatic carbocycles. The number of hydrogen-bond donors (Lipinski definition) is 3. The number of aliphatic hydroxyl groups excluding tert-OH is 1. The number of aliphatic hydroxyl groups is 3. The van der Waals surface area contributed by atoms with E-state index in [9.17, 15) is 20.1 Å². The Hall–Kier alpha value is -1.13. The third kappa shape index (κ3) is 4.67. The molecule has 0 spiro atoms. The van der Waals surface area contributed by atoms with Crippen molar-refractivity contribution < 1.29 is 20.1 Å². The Morgan fingerprint density at radius 3 is 2.27 bits per heavy atom. The summed E-state index contributed by atoms with van der Waals surface area (Å²) < 4.78 is 0. The SMILES string of the molecule is CC[C@]1(O)CC[C@H]2[C@@H]3CCC4=CCCC[C@@H]4[C@H]3CC[C@@]21C.C[C@]12C/C(=C/O)C(=O)C[C@@H]1CC[C@@H]1[C@@H]2CC[C@@]2(C)[C@H]1CC[C@]2(C)O. The van der Waals surface area contributed by atoms with E-state index in [-0.39, 0.29) is 27.6 Å². The highest BCUT2D eigenvalue weighted by Gasteiger charge is 2.64. The van der Waals surface area contributed by atoms with Gasteiger partial charge in [0, 0.05) is 12.0 Å². The van der Waals surface area contributed by atoms with Crippen molar-refractivity contribution in [3.8, 4) is 0 Å². The maximum Gasteiger partial charge on any atom is 0.162 e. The molecule has 0 unspecified atom stereocenters. The summed E-state index contributed by atoms with van der Waals surface area (Å²) >= 11 is 0. The molecule has 0 bridgehead atoms. The summed E-state index contributed by atoms with van der Waals surface area (Å²) in [5.74, 6) is 6.11. The van der Waals surface area contributed by atoms with Gasteiger partial charge >= 0.3 is 0 Å². The van der Waals surface area contributed by atoms with Crippen LogP contribution in [0.5, 0.6) is 0 Å². The van der Waals surface area contributed by atoms with Crippen LogP contribution in [0.15, 0.2) is 23.5 Å². The van der Waals surface area contributed by atoms with Crippen LogP contribution in [0.1, 0.15) is 150 Å². The summed E-state index contributed by atoms with van der Waals surface area (Å²) in [6.07, 6.45) is 24.6. The number of Topliss-reactive ketones (excluding diaryl/α,β-unsaturated/α-hetero) is 1. The average Bonchev–Trinajstić information content (AvgIpc) is 3.45. The summed E-state index contributed by atoms with van der Waals surface area (Å²) in [6.45, 7) is 11.4. The summed E-state index contributed by atoms with van der Waals surface area (Å²) in [5, 5.41) is 31.6. The average molecular weight is 621 g/mol. The zero-order valence-corrected chi connectivity index (χ0v) is 29.3. The number of ketones is 1. The molecule has 13 atom stereocenters. The van der Waals surface area contributed by atoms with Crippen molar-refractivity contribution in [3.63, 3.8) is 0 Å². The van der Waals surface area contributed by atoms with Crippen LogP contribution in [0.2, 0.25) is 0 Å². The molecular weight excluding hydrogens is 556 g/mol. The minimum absolute atomic E-state index is 0.0531. The fourth-order valence-corrected chi connectivity index (χ4v) is 14.4. The van der Waals surface area contributed by atoms with Gasteiger partial charge in [0.25, 0.3) is 0 Å². The van der Waals surface area contributed by atoms with E-state index in [1.807, 2.05) is 12.5 Å². The molecule has 0 amide bonds. The zero-order valence-electron chi connectivity index (χ0n) is 29.3. The Morgan fingerprint density at radius 1 is 0.800 bits per heavy atom. The minimum atomic E-state index is -0.529. The van der Waals surface area contributed by atoms with E-state index in [0.717, 1.165) is 81.3 Å². The molecule has 0 aromatic rings. The van der Waals surface area contributed by atoms with Gasteiger partial charge in [0.15, 0.2) is 5.78 Å². The van der Waals surface area contributed by atoms with Crippen LogP contribution in [-0.2, 0) is 4.79 Å². The van der Waals surface area contributed by atoms with Gasteiger partial charge in [0.2, 0.25) is 0 Å². The van der Waals surface area contributed by atoms with Gasteiger partial charge in [-0.1, -0.05) is 39.3 Å². The molecule has 4 nitrogen and oxygen atoms in total. The molecular formula is C41H64O4. The van der Waals surface area contributed by atoms with Gasteiger partial charge in [-0.2, -0.15) is 0 Å². The lowest BCUT2D eigenvalue weighted by Crippen LogP contribution is -2.56. The highest BCUT2D eigenvalue weighted by atomic mass is 16.3. The maximum atomic E-state index is 12.2. The monoisotopic (exact) mass is 620 g/mol. The lowest BCUT2D eigenvalue weighted by molar-refractivity contribution is -0.147. The number of carbonyl (C=O) groups excluding carboxylic acids is 1. The third-order valence-electron chi connectivity index (χ3n) is 17.4. The largest absolute Gasteiger partial charge is 0.515 e. The fourth-order valence-electron chi connectivity index (χ4n) is 14.4. The standard InChI is InChI=1S/C21H32O3.C20H32O/c1-19-11-13(12-22)18(23)10-14(19)4-5-15-16(19)6-8-20(2)17(15)7-9-21(20,3)24;1-3-20(21)13-11-18-17-9-8-14-6-4-5-7-15(14)16(17)10-12-19(18,20)2/h12,14-17,22,24H,4-11H2,1-3H3;6,15-18,21H,3-5,7-13H2,1-2H3/b13-12-;/t14-,15+,16-,17-,19-,20-,21-;15-,16+,17+,18-,19-,20-/m00/s1. The zero-order chi connectivity index (χ0) is 32.0. The number of rotatable bonds is 1. The molecule has 3 N–H and O–H groups in total. The Bertz CT molecular complexity index is 1230. The smallest absolute Gasteiger partial charge is 0.162 e. The molecule has 0 radical (unpaired) electrons. The number of carbonyl (C=O) groups is 1. The summed E-state index contributed by atoms with van der Waals surface area (Å²) in [6, 6.07) is 0. The summed E-state index contributed by atoms with van der Waals surface area (Å²) in [4.78, 5) is 12.2. The van der Waals surface area contributed by atoms with Crippen molar-refractivity contribution in [1.82, 2.24) is 0 Å². The van der Waals surface area contributed by atoms with Gasteiger partial charge in [-0.15, -0.1) is 0 Å². The first kappa shape index (κ1) is 32.4. The van der Waals surface area contributed by atoms with E-state index in [1.165, 1.54) is 57.8 Å². The molecule has 8 aliphatic carbocycles. The van der Waals surface area contributed by atoms with Crippen LogP contribution in [-0.4, -0.2) is 32.3 Å². The molecule has 8 rings (SSSR count). The Morgan fingerprint density at radius 2 is 1.51 bits per heavy atom. The molecule has 0 heterocycles. The molecule has 4 heteroatoms. The maximum absolute atomic E-state index is 12.2. The normalized spacial score (nSPS) is 54.3. The van der Waals surface area contributed by atoms with Crippen LogP contribution in [0, 0.1) is 63.6 Å². The van der Waals surface area contributed by atoms with Crippen molar-refractivity contribution in [2.75, 3.05) is 0 Å². The fraction of sp³-hybridized carbons (Fsp3) is 0.878. The predicted molar refractivity (Wildman–Crippen MR) is 180 cm³/mol. The summed E-state index contributed by atoms with van der Waals surface area (Å²) in [7, 11) is 0. The van der Waals surface area contributed by atoms with Gasteiger partial charge in [-0.25, -0.2) is 0 Å². The first-order valence-corrected chi connectivity index (χ1v) is 19.3. The van der Waals surface area contributed by atoms with Crippen molar-refractivity contribution in [3.05, 3.63) is 23.5 Å². The first-order chi connectivity index (χ1) is 21.3. The molecule has 7 saturated carbocycles. The number of fused-ring (bicyclic) bond motifs is 10. The van der Waals surface area contributed by atoms with Crippen molar-refractivity contribution in [2.45, 2.75) is 161 Å². The highest BCUT2D eigenvalue weighted by Crippen LogP contribution is 2.69. The van der Waals surface area contributed by atoms with Gasteiger partial charge in [-0.3, -0.25) is 4.79 Å².